The molecule has 0 aliphatic carbocycles. The second-order valence-electron chi connectivity index (χ2n) is 3.75. The maximum absolute atomic E-state index is 9.77. The van der Waals surface area contributed by atoms with Crippen LogP contribution in [0.25, 0.3) is 0 Å². The summed E-state index contributed by atoms with van der Waals surface area (Å²) in [7, 11) is 1.33. The quantitative estimate of drug-likeness (QED) is 0.302. The molecular weight excluding hydrogens is 228 g/mol. The molecule has 0 aromatic rings. The predicted molar refractivity (Wildman–Crippen MR) is 59.9 cm³/mol. The highest BCUT2D eigenvalue weighted by Gasteiger charge is 2.34. The number of aliphatic hydroxyl groups excluding tert-OH is 4. The van der Waals surface area contributed by atoms with E-state index in [1.54, 1.807) is 6.92 Å². The topological polar surface area (TPSA) is 99.4 Å². The zero-order chi connectivity index (χ0) is 13.4. The molecule has 0 rings (SSSR count). The standard InChI is InChI=1S/C11H20O6/c1-4-5-17-11(15)9(14)8(13)10(16-3)7(2)6-12/h1,7-15H,5-6H2,2-3H3. The van der Waals surface area contributed by atoms with Crippen LogP contribution in [-0.4, -0.2) is 65.4 Å². The van der Waals surface area contributed by atoms with Gasteiger partial charge in [0, 0.05) is 19.6 Å². The van der Waals surface area contributed by atoms with Crippen LogP contribution in [0.4, 0.5) is 0 Å². The van der Waals surface area contributed by atoms with Gasteiger partial charge in [0.2, 0.25) is 0 Å². The molecule has 0 spiro atoms. The summed E-state index contributed by atoms with van der Waals surface area (Å²) >= 11 is 0. The zero-order valence-electron chi connectivity index (χ0n) is 9.98. The van der Waals surface area contributed by atoms with Gasteiger partial charge in [0.1, 0.15) is 18.8 Å². The first-order valence-corrected chi connectivity index (χ1v) is 5.22. The minimum absolute atomic E-state index is 0.182. The molecule has 0 aromatic carbocycles. The van der Waals surface area contributed by atoms with Gasteiger partial charge in [-0.15, -0.1) is 6.42 Å². The first-order chi connectivity index (χ1) is 7.99. The second-order valence-corrected chi connectivity index (χ2v) is 3.75. The Morgan fingerprint density at radius 3 is 2.24 bits per heavy atom. The Labute approximate surface area is 101 Å². The van der Waals surface area contributed by atoms with Crippen LogP contribution in [0, 0.1) is 18.3 Å². The van der Waals surface area contributed by atoms with Gasteiger partial charge in [0.25, 0.3) is 0 Å². The smallest absolute Gasteiger partial charge is 0.184 e. The van der Waals surface area contributed by atoms with Crippen molar-refractivity contribution in [2.45, 2.75) is 31.5 Å². The zero-order valence-corrected chi connectivity index (χ0v) is 9.98. The normalized spacial score (nSPS) is 20.1. The van der Waals surface area contributed by atoms with E-state index < -0.39 is 30.5 Å². The summed E-state index contributed by atoms with van der Waals surface area (Å²) in [5.41, 5.74) is 0. The molecule has 0 aliphatic heterocycles. The van der Waals surface area contributed by atoms with Gasteiger partial charge in [0.05, 0.1) is 6.10 Å². The van der Waals surface area contributed by atoms with Crippen LogP contribution in [0.5, 0.6) is 0 Å². The molecular formula is C11H20O6. The van der Waals surface area contributed by atoms with Gasteiger partial charge in [-0.25, -0.2) is 0 Å². The monoisotopic (exact) mass is 248 g/mol. The van der Waals surface area contributed by atoms with E-state index in [2.05, 4.69) is 10.7 Å². The lowest BCUT2D eigenvalue weighted by atomic mass is 9.96. The molecule has 0 aromatic heterocycles. The van der Waals surface area contributed by atoms with E-state index in [0.29, 0.717) is 0 Å². The van der Waals surface area contributed by atoms with Gasteiger partial charge < -0.3 is 29.9 Å². The van der Waals surface area contributed by atoms with E-state index in [0.717, 1.165) is 0 Å². The molecule has 0 radical (unpaired) electrons. The number of hydrogen-bond donors (Lipinski definition) is 4. The molecule has 6 nitrogen and oxygen atoms in total. The van der Waals surface area contributed by atoms with Crippen LogP contribution < -0.4 is 0 Å². The van der Waals surface area contributed by atoms with Crippen LogP contribution in [0.2, 0.25) is 0 Å². The Hall–Kier alpha value is -0.680. The number of aliphatic hydroxyl groups is 4. The molecule has 5 unspecified atom stereocenters. The van der Waals surface area contributed by atoms with Crippen LogP contribution in [0.1, 0.15) is 6.92 Å². The Kier molecular flexibility index (Phi) is 8.08. The van der Waals surface area contributed by atoms with Crippen molar-refractivity contribution in [1.29, 1.82) is 0 Å². The summed E-state index contributed by atoms with van der Waals surface area (Å²) in [6, 6.07) is 0. The van der Waals surface area contributed by atoms with Crippen molar-refractivity contribution in [3.05, 3.63) is 0 Å². The highest BCUT2D eigenvalue weighted by atomic mass is 16.6. The fraction of sp³-hybridized carbons (Fsp3) is 0.818. The van der Waals surface area contributed by atoms with E-state index in [1.165, 1.54) is 7.11 Å². The first kappa shape index (κ1) is 16.3. The van der Waals surface area contributed by atoms with Crippen molar-refractivity contribution >= 4 is 0 Å². The van der Waals surface area contributed by atoms with E-state index in [9.17, 15) is 15.3 Å². The predicted octanol–water partition coefficient (Wildman–Crippen LogP) is -1.68. The number of methoxy groups -OCH3 is 1. The molecule has 0 aliphatic rings. The summed E-state index contributed by atoms with van der Waals surface area (Å²) in [5, 5.41) is 37.7. The van der Waals surface area contributed by atoms with Crippen molar-refractivity contribution in [1.82, 2.24) is 0 Å². The van der Waals surface area contributed by atoms with Gasteiger partial charge in [-0.05, 0) is 0 Å². The van der Waals surface area contributed by atoms with Crippen molar-refractivity contribution in [3.8, 4) is 12.3 Å². The Morgan fingerprint density at radius 2 is 1.82 bits per heavy atom. The minimum atomic E-state index is -1.61. The fourth-order valence-corrected chi connectivity index (χ4v) is 1.41. The minimum Gasteiger partial charge on any atom is -0.396 e. The third-order valence-electron chi connectivity index (χ3n) is 2.44. The summed E-state index contributed by atoms with van der Waals surface area (Å²) in [6.07, 6.45) is -0.467. The molecule has 0 bridgehead atoms. The Balaban J connectivity index is 4.44. The third kappa shape index (κ3) is 5.00. The average Bonchev–Trinajstić information content (AvgIpc) is 2.35. The number of hydrogen-bond acceptors (Lipinski definition) is 6. The van der Waals surface area contributed by atoms with Gasteiger partial charge in [0.15, 0.2) is 6.29 Å². The molecule has 0 amide bonds. The lowest BCUT2D eigenvalue weighted by Crippen LogP contribution is -2.49. The largest absolute Gasteiger partial charge is 0.396 e. The summed E-state index contributed by atoms with van der Waals surface area (Å²) < 4.78 is 9.64. The fourth-order valence-electron chi connectivity index (χ4n) is 1.41. The molecule has 0 saturated carbocycles. The Bertz CT molecular complexity index is 239. The molecule has 17 heavy (non-hydrogen) atoms. The lowest BCUT2D eigenvalue weighted by Gasteiger charge is -2.31. The van der Waals surface area contributed by atoms with Crippen LogP contribution in [0.15, 0.2) is 0 Å². The molecule has 5 atom stereocenters. The van der Waals surface area contributed by atoms with Crippen LogP contribution in [-0.2, 0) is 9.47 Å². The number of rotatable bonds is 8. The molecule has 100 valence electrons. The van der Waals surface area contributed by atoms with Crippen molar-refractivity contribution in [3.63, 3.8) is 0 Å². The first-order valence-electron chi connectivity index (χ1n) is 5.22. The molecule has 6 heteroatoms. The van der Waals surface area contributed by atoms with Crippen molar-refractivity contribution < 1.29 is 29.9 Å². The third-order valence-corrected chi connectivity index (χ3v) is 2.44. The molecule has 0 saturated heterocycles. The van der Waals surface area contributed by atoms with Crippen molar-refractivity contribution in [2.24, 2.45) is 5.92 Å². The lowest BCUT2D eigenvalue weighted by molar-refractivity contribution is -0.204. The van der Waals surface area contributed by atoms with E-state index in [-0.39, 0.29) is 13.2 Å². The van der Waals surface area contributed by atoms with Crippen molar-refractivity contribution in [2.75, 3.05) is 20.3 Å². The van der Waals surface area contributed by atoms with Gasteiger partial charge in [-0.2, -0.15) is 0 Å². The van der Waals surface area contributed by atoms with Crippen LogP contribution in [0.3, 0.4) is 0 Å². The summed E-state index contributed by atoms with van der Waals surface area (Å²) in [5.74, 6) is 1.72. The SMILES string of the molecule is C#CCOC(O)C(O)C(O)C(OC)C(C)CO. The highest BCUT2D eigenvalue weighted by molar-refractivity contribution is 4.85. The molecule has 0 fully saturated rings. The van der Waals surface area contributed by atoms with Crippen LogP contribution >= 0.6 is 0 Å². The van der Waals surface area contributed by atoms with E-state index >= 15 is 0 Å². The van der Waals surface area contributed by atoms with Gasteiger partial charge in [-0.3, -0.25) is 0 Å². The van der Waals surface area contributed by atoms with E-state index in [1.807, 2.05) is 0 Å². The Morgan fingerprint density at radius 1 is 1.24 bits per heavy atom. The summed E-state index contributed by atoms with van der Waals surface area (Å²) in [4.78, 5) is 0. The maximum Gasteiger partial charge on any atom is 0.184 e. The number of ether oxygens (including phenoxy) is 2. The van der Waals surface area contributed by atoms with Gasteiger partial charge >= 0.3 is 0 Å². The maximum atomic E-state index is 9.77. The van der Waals surface area contributed by atoms with E-state index in [4.69, 9.17) is 16.3 Å². The second kappa shape index (κ2) is 8.42. The highest BCUT2D eigenvalue weighted by Crippen LogP contribution is 2.15. The molecule has 4 N–H and O–H groups in total. The number of terminal acetylenes is 1. The molecule has 0 heterocycles. The summed E-state index contributed by atoms with van der Waals surface area (Å²) in [6.45, 7) is 1.24. The van der Waals surface area contributed by atoms with Gasteiger partial charge in [-0.1, -0.05) is 12.8 Å². The average molecular weight is 248 g/mol.